The summed E-state index contributed by atoms with van der Waals surface area (Å²) in [4.78, 5) is 11.7. The summed E-state index contributed by atoms with van der Waals surface area (Å²) in [6.45, 7) is -0.668. The summed E-state index contributed by atoms with van der Waals surface area (Å²) in [5.74, 6) is -3.30. The summed E-state index contributed by atoms with van der Waals surface area (Å²) < 4.78 is 51.6. The van der Waals surface area contributed by atoms with Crippen LogP contribution in [0.15, 0.2) is 36.4 Å². The topological polar surface area (TPSA) is 76.0 Å². The molecule has 3 rings (SSSR count). The van der Waals surface area contributed by atoms with Crippen molar-refractivity contribution in [1.29, 1.82) is 0 Å². The van der Waals surface area contributed by atoms with Crippen LogP contribution in [0.3, 0.4) is 0 Å². The highest BCUT2D eigenvalue weighted by Crippen LogP contribution is 2.30. The summed E-state index contributed by atoms with van der Waals surface area (Å²) >= 11 is 0. The first kappa shape index (κ1) is 20.1. The smallest absolute Gasteiger partial charge is 0.203 e. The van der Waals surface area contributed by atoms with Crippen LogP contribution in [0.4, 0.5) is 13.2 Å². The predicted molar refractivity (Wildman–Crippen MR) is 93.7 cm³/mol. The van der Waals surface area contributed by atoms with E-state index in [0.29, 0.717) is 11.6 Å². The average Bonchev–Trinajstić information content (AvgIpc) is 2.66. The predicted octanol–water partition coefficient (Wildman–Crippen LogP) is 2.69. The first-order chi connectivity index (χ1) is 13.4. The summed E-state index contributed by atoms with van der Waals surface area (Å²) in [5, 5.41) is 18.9. The average molecular weight is 394 g/mol. The summed E-state index contributed by atoms with van der Waals surface area (Å²) in [6.07, 6.45) is -1.33. The fraction of sp³-hybridized carbons (Fsp3) is 0.250. The van der Waals surface area contributed by atoms with Crippen LogP contribution < -0.4 is 4.74 Å². The van der Waals surface area contributed by atoms with Crippen LogP contribution in [0.5, 0.6) is 5.75 Å². The zero-order valence-electron chi connectivity index (χ0n) is 14.5. The number of aliphatic hydroxyl groups excluding tert-OH is 2. The molecule has 28 heavy (non-hydrogen) atoms. The lowest BCUT2D eigenvalue weighted by Crippen LogP contribution is -2.48. The molecular formula is C20H17F3O5. The summed E-state index contributed by atoms with van der Waals surface area (Å²) in [6, 6.07) is 7.12. The molecule has 3 atom stereocenters. The number of ether oxygens (including phenoxy) is 2. The van der Waals surface area contributed by atoms with E-state index in [1.54, 1.807) is 0 Å². The van der Waals surface area contributed by atoms with E-state index in [2.05, 4.69) is 0 Å². The quantitative estimate of drug-likeness (QED) is 0.763. The van der Waals surface area contributed by atoms with Gasteiger partial charge in [-0.15, -0.1) is 0 Å². The molecule has 5 nitrogen and oxygen atoms in total. The van der Waals surface area contributed by atoms with Gasteiger partial charge in [0.2, 0.25) is 6.29 Å². The van der Waals surface area contributed by atoms with Crippen molar-refractivity contribution in [3.8, 4) is 5.75 Å². The normalized spacial score (nSPS) is 22.6. The minimum Gasteiger partial charge on any atom is -0.461 e. The van der Waals surface area contributed by atoms with Gasteiger partial charge in [-0.25, -0.2) is 13.2 Å². The number of benzene rings is 2. The molecule has 8 heteroatoms. The first-order valence-electron chi connectivity index (χ1n) is 8.45. The van der Waals surface area contributed by atoms with Crippen molar-refractivity contribution in [2.45, 2.75) is 24.9 Å². The maximum absolute atomic E-state index is 14.3. The van der Waals surface area contributed by atoms with Gasteiger partial charge in [0.25, 0.3) is 0 Å². The molecule has 0 radical (unpaired) electrons. The molecule has 0 saturated carbocycles. The molecule has 2 N–H and O–H groups in total. The number of hydrogen-bond acceptors (Lipinski definition) is 5. The zero-order valence-corrected chi connectivity index (χ0v) is 14.5. The second kappa shape index (κ2) is 8.55. The van der Waals surface area contributed by atoms with Crippen molar-refractivity contribution in [2.24, 2.45) is 0 Å². The molecule has 0 spiro atoms. The van der Waals surface area contributed by atoms with Gasteiger partial charge in [-0.2, -0.15) is 0 Å². The molecule has 0 unspecified atom stereocenters. The Hall–Kier alpha value is -2.68. The Morgan fingerprint density at radius 1 is 1.11 bits per heavy atom. The van der Waals surface area contributed by atoms with Crippen LogP contribution >= 0.6 is 0 Å². The standard InChI is InChI=1S/C20H17F3O5/c21-13-5-2-11(3-6-13)1-4-12-7-14(22)8-15(23)20(12)28-18-9-16(25)19(26)17(10-24)27-18/h1-8,16-18,24-25H,9-10H2/b4-1+/t16-,17-,18+/m1/s1. The molecular weight excluding hydrogens is 377 g/mol. The minimum atomic E-state index is -1.43. The Bertz CT molecular complexity index is 882. The van der Waals surface area contributed by atoms with Crippen molar-refractivity contribution in [3.05, 3.63) is 65.0 Å². The van der Waals surface area contributed by atoms with E-state index in [1.165, 1.54) is 36.4 Å². The first-order valence-corrected chi connectivity index (χ1v) is 8.45. The van der Waals surface area contributed by atoms with Crippen LogP contribution in [0, 0.1) is 17.5 Å². The molecule has 1 heterocycles. The van der Waals surface area contributed by atoms with Crippen molar-refractivity contribution in [3.63, 3.8) is 0 Å². The highest BCUT2D eigenvalue weighted by molar-refractivity contribution is 5.87. The lowest BCUT2D eigenvalue weighted by atomic mass is 10.0. The van der Waals surface area contributed by atoms with Crippen molar-refractivity contribution < 1.29 is 37.7 Å². The number of hydrogen-bond donors (Lipinski definition) is 2. The monoisotopic (exact) mass is 394 g/mol. The van der Waals surface area contributed by atoms with Gasteiger partial charge in [-0.05, 0) is 23.8 Å². The van der Waals surface area contributed by atoms with E-state index < -0.39 is 48.3 Å². The van der Waals surface area contributed by atoms with Crippen LogP contribution in [-0.2, 0) is 9.53 Å². The van der Waals surface area contributed by atoms with E-state index in [-0.39, 0.29) is 17.7 Å². The SMILES string of the molecule is O=C1[C@H](O)C[C@H](Oc2c(F)cc(F)cc2/C=C/c2ccc(F)cc2)O[C@@H]1CO. The molecule has 148 valence electrons. The molecule has 2 aromatic rings. The molecule has 1 fully saturated rings. The van der Waals surface area contributed by atoms with Gasteiger partial charge in [-0.1, -0.05) is 24.3 Å². The lowest BCUT2D eigenvalue weighted by molar-refractivity contribution is -0.191. The lowest BCUT2D eigenvalue weighted by Gasteiger charge is -2.31. The maximum atomic E-state index is 14.3. The number of halogens is 3. The van der Waals surface area contributed by atoms with Crippen molar-refractivity contribution >= 4 is 17.9 Å². The van der Waals surface area contributed by atoms with Crippen molar-refractivity contribution in [2.75, 3.05) is 6.61 Å². The fourth-order valence-electron chi connectivity index (χ4n) is 2.75. The number of carbonyl (C=O) groups is 1. The summed E-state index contributed by atoms with van der Waals surface area (Å²) in [5.41, 5.74) is 0.629. The Labute approximate surface area is 158 Å². The van der Waals surface area contributed by atoms with E-state index in [9.17, 15) is 23.1 Å². The molecule has 1 aliphatic rings. The van der Waals surface area contributed by atoms with Crippen LogP contribution in [0.1, 0.15) is 17.5 Å². The van der Waals surface area contributed by atoms with E-state index in [1.807, 2.05) is 0 Å². The van der Waals surface area contributed by atoms with Gasteiger partial charge in [0, 0.05) is 18.1 Å². The number of Topliss-reactive ketones (excluding diaryl/α,β-unsaturated/α-hetero) is 1. The Morgan fingerprint density at radius 3 is 2.50 bits per heavy atom. The highest BCUT2D eigenvalue weighted by Gasteiger charge is 2.37. The third-order valence-electron chi connectivity index (χ3n) is 4.16. The minimum absolute atomic E-state index is 0.0392. The number of ketones is 1. The van der Waals surface area contributed by atoms with Gasteiger partial charge in [0.15, 0.2) is 17.3 Å². The number of aliphatic hydroxyl groups is 2. The van der Waals surface area contributed by atoms with E-state index >= 15 is 0 Å². The second-order valence-corrected chi connectivity index (χ2v) is 6.20. The summed E-state index contributed by atoms with van der Waals surface area (Å²) in [7, 11) is 0. The van der Waals surface area contributed by atoms with Gasteiger partial charge < -0.3 is 19.7 Å². The second-order valence-electron chi connectivity index (χ2n) is 6.20. The van der Waals surface area contributed by atoms with Crippen LogP contribution in [0.25, 0.3) is 12.2 Å². The Kier molecular flexibility index (Phi) is 6.13. The largest absolute Gasteiger partial charge is 0.461 e. The van der Waals surface area contributed by atoms with Gasteiger partial charge in [-0.3, -0.25) is 4.79 Å². The fourth-order valence-corrected chi connectivity index (χ4v) is 2.75. The third-order valence-corrected chi connectivity index (χ3v) is 4.16. The van der Waals surface area contributed by atoms with E-state index in [4.69, 9.17) is 14.6 Å². The molecule has 1 aliphatic heterocycles. The number of carbonyl (C=O) groups excluding carboxylic acids is 1. The third kappa shape index (κ3) is 4.59. The van der Waals surface area contributed by atoms with Gasteiger partial charge >= 0.3 is 0 Å². The van der Waals surface area contributed by atoms with Gasteiger partial charge in [0.05, 0.1) is 6.61 Å². The molecule has 0 bridgehead atoms. The van der Waals surface area contributed by atoms with Crippen molar-refractivity contribution in [1.82, 2.24) is 0 Å². The van der Waals surface area contributed by atoms with E-state index in [0.717, 1.165) is 6.07 Å². The molecule has 0 aliphatic carbocycles. The molecule has 1 saturated heterocycles. The Morgan fingerprint density at radius 2 is 1.82 bits per heavy atom. The highest BCUT2D eigenvalue weighted by atomic mass is 19.1. The van der Waals surface area contributed by atoms with Crippen LogP contribution in [0.2, 0.25) is 0 Å². The van der Waals surface area contributed by atoms with Gasteiger partial charge in [0.1, 0.15) is 23.8 Å². The maximum Gasteiger partial charge on any atom is 0.203 e. The number of rotatable bonds is 5. The molecule has 0 amide bonds. The Balaban J connectivity index is 1.86. The molecule has 2 aromatic carbocycles. The molecule has 0 aromatic heterocycles. The van der Waals surface area contributed by atoms with Crippen LogP contribution in [-0.4, -0.2) is 41.1 Å². The zero-order chi connectivity index (χ0) is 20.3.